The van der Waals surface area contributed by atoms with Gasteiger partial charge < -0.3 is 0 Å². The molecule has 0 bridgehead atoms. The molecule has 1 aliphatic rings. The summed E-state index contributed by atoms with van der Waals surface area (Å²) in [7, 11) is 0. The quantitative estimate of drug-likeness (QED) is 0.397. The molecule has 1 aromatic carbocycles. The van der Waals surface area contributed by atoms with E-state index in [1.807, 2.05) is 0 Å². The molecule has 2 rings (SSSR count). The molecule has 1 saturated carbocycles. The fourth-order valence-corrected chi connectivity index (χ4v) is 3.42. The molecule has 0 nitrogen and oxygen atoms in total. The van der Waals surface area contributed by atoms with Gasteiger partial charge in [0.05, 0.1) is 6.67 Å². The molecule has 0 aliphatic heterocycles. The molecule has 0 saturated heterocycles. The van der Waals surface area contributed by atoms with Gasteiger partial charge in [-0.05, 0) is 49.5 Å². The number of halogens is 5. The average molecular weight is 334 g/mol. The Bertz CT molecular complexity index is 461. The highest BCUT2D eigenvalue weighted by atomic mass is 19.3. The number of unbranched alkanes of at least 4 members (excludes halogenated alkanes) is 1. The highest BCUT2D eigenvalue weighted by Gasteiger charge is 2.42. The van der Waals surface area contributed by atoms with Crippen molar-refractivity contribution in [2.75, 3.05) is 6.67 Å². The van der Waals surface area contributed by atoms with E-state index in [4.69, 9.17) is 0 Å². The summed E-state index contributed by atoms with van der Waals surface area (Å²) in [5, 5.41) is 0. The third-order valence-electron chi connectivity index (χ3n) is 4.88. The standard InChI is InChI=1S/C18H23F5/c19-12-2-1-3-13-4-6-14(7-5-13)15-8-10-16(11-9-15)18(22,23)17(20)21/h8-11,13-14,17H,1-7,12H2. The summed E-state index contributed by atoms with van der Waals surface area (Å²) < 4.78 is 63.3. The summed E-state index contributed by atoms with van der Waals surface area (Å²) in [5.41, 5.74) is 0.317. The predicted molar refractivity (Wildman–Crippen MR) is 80.9 cm³/mol. The van der Waals surface area contributed by atoms with Crippen LogP contribution in [0.1, 0.15) is 62.0 Å². The first-order valence-corrected chi connectivity index (χ1v) is 8.27. The van der Waals surface area contributed by atoms with Gasteiger partial charge in [-0.25, -0.2) is 8.78 Å². The van der Waals surface area contributed by atoms with Gasteiger partial charge in [0.25, 0.3) is 0 Å². The zero-order valence-electron chi connectivity index (χ0n) is 13.1. The van der Waals surface area contributed by atoms with Crippen molar-refractivity contribution >= 4 is 0 Å². The first kappa shape index (κ1) is 18.2. The molecule has 0 unspecified atom stereocenters. The Labute approximate surface area is 134 Å². The van der Waals surface area contributed by atoms with Crippen LogP contribution in [0, 0.1) is 5.92 Å². The molecule has 0 atom stereocenters. The van der Waals surface area contributed by atoms with Gasteiger partial charge in [0.15, 0.2) is 0 Å². The fourth-order valence-electron chi connectivity index (χ4n) is 3.42. The van der Waals surface area contributed by atoms with Gasteiger partial charge in [-0.2, -0.15) is 8.78 Å². The lowest BCUT2D eigenvalue weighted by Gasteiger charge is -2.29. The van der Waals surface area contributed by atoms with Gasteiger partial charge in [0.1, 0.15) is 0 Å². The van der Waals surface area contributed by atoms with Crippen molar-refractivity contribution in [1.29, 1.82) is 0 Å². The van der Waals surface area contributed by atoms with Crippen molar-refractivity contribution in [1.82, 2.24) is 0 Å². The van der Waals surface area contributed by atoms with Crippen molar-refractivity contribution < 1.29 is 22.0 Å². The van der Waals surface area contributed by atoms with Gasteiger partial charge in [-0.1, -0.05) is 37.1 Å². The normalized spacial score (nSPS) is 22.5. The van der Waals surface area contributed by atoms with Crippen molar-refractivity contribution in [2.24, 2.45) is 5.92 Å². The summed E-state index contributed by atoms with van der Waals surface area (Å²) in [4.78, 5) is 0. The predicted octanol–water partition coefficient (Wildman–Crippen LogP) is 6.46. The van der Waals surface area contributed by atoms with Crippen molar-refractivity contribution in [2.45, 2.75) is 63.2 Å². The average Bonchev–Trinajstić information content (AvgIpc) is 2.56. The Morgan fingerprint density at radius 3 is 2.09 bits per heavy atom. The van der Waals surface area contributed by atoms with Gasteiger partial charge >= 0.3 is 12.3 Å². The molecule has 0 amide bonds. The van der Waals surface area contributed by atoms with E-state index in [9.17, 15) is 22.0 Å². The Morgan fingerprint density at radius 2 is 1.57 bits per heavy atom. The van der Waals surface area contributed by atoms with Gasteiger partial charge in [-0.15, -0.1) is 0 Å². The van der Waals surface area contributed by atoms with Crippen molar-refractivity contribution in [3.63, 3.8) is 0 Å². The van der Waals surface area contributed by atoms with Crippen LogP contribution in [0.2, 0.25) is 0 Å². The highest BCUT2D eigenvalue weighted by molar-refractivity contribution is 5.28. The fraction of sp³-hybridized carbons (Fsp3) is 0.667. The number of hydrogen-bond donors (Lipinski definition) is 0. The maximum Gasteiger partial charge on any atom is 0.332 e. The van der Waals surface area contributed by atoms with Gasteiger partial charge in [0.2, 0.25) is 0 Å². The molecule has 0 N–H and O–H groups in total. The van der Waals surface area contributed by atoms with Gasteiger partial charge in [-0.3, -0.25) is 4.39 Å². The number of benzene rings is 1. The molecule has 1 aromatic rings. The number of alkyl halides is 5. The first-order valence-electron chi connectivity index (χ1n) is 8.27. The molecule has 0 aromatic heterocycles. The van der Waals surface area contributed by atoms with E-state index in [-0.39, 0.29) is 6.67 Å². The van der Waals surface area contributed by atoms with Crippen LogP contribution in [0.15, 0.2) is 24.3 Å². The summed E-state index contributed by atoms with van der Waals surface area (Å²) >= 11 is 0. The SMILES string of the molecule is FCCCCC1CCC(c2ccc(C(F)(F)C(F)F)cc2)CC1. The number of rotatable bonds is 7. The van der Waals surface area contributed by atoms with Crippen LogP contribution in [0.3, 0.4) is 0 Å². The van der Waals surface area contributed by atoms with E-state index in [0.717, 1.165) is 56.2 Å². The van der Waals surface area contributed by atoms with E-state index in [1.165, 1.54) is 0 Å². The van der Waals surface area contributed by atoms with Crippen molar-refractivity contribution in [3.05, 3.63) is 35.4 Å². The zero-order valence-corrected chi connectivity index (χ0v) is 13.1. The largest absolute Gasteiger partial charge is 0.332 e. The second-order valence-electron chi connectivity index (χ2n) is 6.45. The molecule has 0 spiro atoms. The molecule has 1 fully saturated rings. The minimum absolute atomic E-state index is 0.259. The molecular weight excluding hydrogens is 311 g/mol. The zero-order chi connectivity index (χ0) is 16.9. The van der Waals surface area contributed by atoms with E-state index in [2.05, 4.69) is 0 Å². The lowest BCUT2D eigenvalue weighted by molar-refractivity contribution is -0.135. The Morgan fingerprint density at radius 1 is 0.957 bits per heavy atom. The van der Waals surface area contributed by atoms with Gasteiger partial charge in [0, 0.05) is 5.56 Å². The Kier molecular flexibility index (Phi) is 6.42. The monoisotopic (exact) mass is 334 g/mol. The summed E-state index contributed by atoms with van der Waals surface area (Å²) in [6.45, 7) is -0.259. The molecule has 0 heterocycles. The second-order valence-corrected chi connectivity index (χ2v) is 6.45. The van der Waals surface area contributed by atoms with Crippen LogP contribution < -0.4 is 0 Å². The summed E-state index contributed by atoms with van der Waals surface area (Å²) in [6.07, 6.45) is 2.99. The smallest absolute Gasteiger partial charge is 0.251 e. The molecule has 0 radical (unpaired) electrons. The molecular formula is C18H23F5. The Hall–Kier alpha value is -1.13. The third kappa shape index (κ3) is 4.67. The molecule has 130 valence electrons. The van der Waals surface area contributed by atoms with Crippen LogP contribution in [0.25, 0.3) is 0 Å². The lowest BCUT2D eigenvalue weighted by Crippen LogP contribution is -2.23. The van der Waals surface area contributed by atoms with Crippen LogP contribution in [0.4, 0.5) is 22.0 Å². The van der Waals surface area contributed by atoms with E-state index < -0.39 is 17.9 Å². The third-order valence-corrected chi connectivity index (χ3v) is 4.88. The topological polar surface area (TPSA) is 0 Å². The first-order chi connectivity index (χ1) is 10.9. The van der Waals surface area contributed by atoms with Crippen LogP contribution in [-0.2, 0) is 5.92 Å². The maximum absolute atomic E-state index is 13.3. The molecule has 23 heavy (non-hydrogen) atoms. The number of hydrogen-bond acceptors (Lipinski definition) is 0. The highest BCUT2D eigenvalue weighted by Crippen LogP contribution is 2.39. The van der Waals surface area contributed by atoms with E-state index >= 15 is 0 Å². The second kappa shape index (κ2) is 8.11. The van der Waals surface area contributed by atoms with Crippen LogP contribution in [0.5, 0.6) is 0 Å². The van der Waals surface area contributed by atoms with Crippen molar-refractivity contribution in [3.8, 4) is 0 Å². The van der Waals surface area contributed by atoms with E-state index in [0.29, 0.717) is 18.3 Å². The minimum atomic E-state index is -4.09. The van der Waals surface area contributed by atoms with Crippen LogP contribution >= 0.6 is 0 Å². The summed E-state index contributed by atoms with van der Waals surface area (Å²) in [5.74, 6) is -3.16. The minimum Gasteiger partial charge on any atom is -0.251 e. The maximum atomic E-state index is 13.3. The van der Waals surface area contributed by atoms with Crippen LogP contribution in [-0.4, -0.2) is 13.1 Å². The Balaban J connectivity index is 1.89. The molecule has 1 aliphatic carbocycles. The van der Waals surface area contributed by atoms with E-state index in [1.54, 1.807) is 12.1 Å². The molecule has 5 heteroatoms. The lowest BCUT2D eigenvalue weighted by atomic mass is 9.77. The summed E-state index contributed by atoms with van der Waals surface area (Å²) in [6, 6.07) is 5.35.